The number of carbonyl (C=O) groups is 2. The van der Waals surface area contributed by atoms with E-state index in [0.29, 0.717) is 0 Å². The number of rotatable bonds is 6. The molecule has 0 aromatic carbocycles. The van der Waals surface area contributed by atoms with Gasteiger partial charge in [0.05, 0.1) is 12.1 Å². The number of hydrogen-bond donors (Lipinski definition) is 4. The Hall–Kier alpha value is -0.980. The minimum absolute atomic E-state index is 0.131. The summed E-state index contributed by atoms with van der Waals surface area (Å²) in [6.07, 6.45) is -3.78. The Balaban J connectivity index is 4.34. The summed E-state index contributed by atoms with van der Waals surface area (Å²) in [6, 6.07) is -1.06. The molecule has 6 heteroatoms. The van der Waals surface area contributed by atoms with Crippen LogP contribution in [0.3, 0.4) is 0 Å². The molecule has 0 unspecified atom stereocenters. The molecule has 0 saturated heterocycles. The third-order valence-corrected chi connectivity index (χ3v) is 1.64. The molecule has 76 valence electrons. The Kier molecular flexibility index (Phi) is 5.20. The number of carbonyl (C=O) groups excluding carboxylic acids is 2. The predicted octanol–water partition coefficient (Wildman–Crippen LogP) is -2.60. The summed E-state index contributed by atoms with van der Waals surface area (Å²) >= 11 is 0. The highest BCUT2D eigenvalue weighted by molar-refractivity contribution is 5.57. The third kappa shape index (κ3) is 3.49. The molecule has 1 amide bonds. The van der Waals surface area contributed by atoms with E-state index in [1.54, 1.807) is 0 Å². The highest BCUT2D eigenvalue weighted by Crippen LogP contribution is 2.02. The van der Waals surface area contributed by atoms with Gasteiger partial charge in [0.25, 0.3) is 0 Å². The zero-order chi connectivity index (χ0) is 10.4. The molecule has 6 nitrogen and oxygen atoms in total. The van der Waals surface area contributed by atoms with Crippen LogP contribution >= 0.6 is 0 Å². The number of hydrogen-bond acceptors (Lipinski definition) is 5. The van der Waals surface area contributed by atoms with E-state index in [0.717, 1.165) is 0 Å². The van der Waals surface area contributed by atoms with Gasteiger partial charge in [-0.1, -0.05) is 0 Å². The Morgan fingerprint density at radius 1 is 1.23 bits per heavy atom. The minimum Gasteiger partial charge on any atom is -0.391 e. The van der Waals surface area contributed by atoms with E-state index < -0.39 is 24.4 Å². The van der Waals surface area contributed by atoms with Crippen molar-refractivity contribution in [2.45, 2.75) is 31.3 Å². The van der Waals surface area contributed by atoms with Crippen LogP contribution in [0.25, 0.3) is 0 Å². The maximum atomic E-state index is 10.1. The molecule has 4 N–H and O–H groups in total. The topological polar surface area (TPSA) is 107 Å². The number of amides is 1. The maximum absolute atomic E-state index is 10.1. The van der Waals surface area contributed by atoms with E-state index >= 15 is 0 Å². The van der Waals surface area contributed by atoms with E-state index in [4.69, 9.17) is 10.2 Å². The van der Waals surface area contributed by atoms with Gasteiger partial charge in [-0.15, -0.1) is 0 Å². The average Bonchev–Trinajstić information content (AvgIpc) is 2.11. The van der Waals surface area contributed by atoms with Crippen LogP contribution in [0.5, 0.6) is 0 Å². The lowest BCUT2D eigenvalue weighted by molar-refractivity contribution is -0.125. The van der Waals surface area contributed by atoms with Gasteiger partial charge in [0.2, 0.25) is 6.41 Å². The summed E-state index contributed by atoms with van der Waals surface area (Å²) in [5.74, 6) is 0. The molecule has 4 atom stereocenters. The highest BCUT2D eigenvalue weighted by Gasteiger charge is 2.29. The van der Waals surface area contributed by atoms with Gasteiger partial charge < -0.3 is 25.4 Å². The zero-order valence-electron chi connectivity index (χ0n) is 7.12. The number of aldehydes is 1. The lowest BCUT2D eigenvalue weighted by Crippen LogP contribution is -2.52. The first-order valence-corrected chi connectivity index (χ1v) is 3.73. The van der Waals surface area contributed by atoms with E-state index in [1.165, 1.54) is 6.92 Å². The van der Waals surface area contributed by atoms with Gasteiger partial charge >= 0.3 is 0 Å². The predicted molar refractivity (Wildman–Crippen MR) is 42.7 cm³/mol. The van der Waals surface area contributed by atoms with Crippen molar-refractivity contribution in [1.29, 1.82) is 0 Å². The molecule has 0 aromatic rings. The van der Waals surface area contributed by atoms with Gasteiger partial charge in [-0.2, -0.15) is 0 Å². The molecule has 0 fully saturated rings. The Morgan fingerprint density at radius 2 is 1.77 bits per heavy atom. The van der Waals surface area contributed by atoms with Gasteiger partial charge in [0.1, 0.15) is 12.2 Å². The van der Waals surface area contributed by atoms with Crippen LogP contribution < -0.4 is 5.32 Å². The van der Waals surface area contributed by atoms with Crippen molar-refractivity contribution in [3.8, 4) is 0 Å². The average molecular weight is 191 g/mol. The van der Waals surface area contributed by atoms with Crippen LogP contribution in [-0.4, -0.2) is 52.4 Å². The highest BCUT2D eigenvalue weighted by atomic mass is 16.3. The molecular formula is C7H13NO5. The molecule has 0 saturated carbocycles. The summed E-state index contributed by atoms with van der Waals surface area (Å²) in [5, 5.41) is 29.3. The molecular weight excluding hydrogens is 178 g/mol. The zero-order valence-corrected chi connectivity index (χ0v) is 7.12. The Morgan fingerprint density at radius 3 is 2.08 bits per heavy atom. The maximum Gasteiger partial charge on any atom is 0.207 e. The third-order valence-electron chi connectivity index (χ3n) is 1.64. The molecule has 0 aliphatic heterocycles. The lowest BCUT2D eigenvalue weighted by atomic mass is 10.0. The van der Waals surface area contributed by atoms with Gasteiger partial charge in [0.15, 0.2) is 6.29 Å². The molecule has 0 aliphatic carbocycles. The standard InChI is InChI=1S/C7H13NO5/c1-4(11)6(8-3-10)7(13)5(12)2-9/h2-7,11-13H,1H3,(H,8,10)/t4-,5+,6+,7-/m1/s1. The first kappa shape index (κ1) is 12.0. The van der Waals surface area contributed by atoms with Crippen LogP contribution in [0, 0.1) is 0 Å². The monoisotopic (exact) mass is 191 g/mol. The SMILES string of the molecule is C[C@@H](O)[C@H](NC=O)[C@H](O)[C@@H](O)C=O. The van der Waals surface area contributed by atoms with Crippen molar-refractivity contribution in [3.63, 3.8) is 0 Å². The summed E-state index contributed by atoms with van der Waals surface area (Å²) in [6.45, 7) is 1.32. The summed E-state index contributed by atoms with van der Waals surface area (Å²) in [5.41, 5.74) is 0. The second-order valence-corrected chi connectivity index (χ2v) is 2.67. The van der Waals surface area contributed by atoms with E-state index in [1.807, 2.05) is 0 Å². The van der Waals surface area contributed by atoms with Crippen LogP contribution in [0.4, 0.5) is 0 Å². The number of nitrogens with one attached hydrogen (secondary N) is 1. The van der Waals surface area contributed by atoms with Crippen LogP contribution in [0.15, 0.2) is 0 Å². The van der Waals surface area contributed by atoms with Gasteiger partial charge in [0, 0.05) is 0 Å². The van der Waals surface area contributed by atoms with Crippen molar-refractivity contribution in [2.75, 3.05) is 0 Å². The molecule has 0 aromatic heterocycles. The van der Waals surface area contributed by atoms with E-state index in [2.05, 4.69) is 5.32 Å². The Labute approximate surface area is 75.2 Å². The summed E-state index contributed by atoms with van der Waals surface area (Å²) in [4.78, 5) is 20.1. The van der Waals surface area contributed by atoms with Crippen molar-refractivity contribution in [2.24, 2.45) is 0 Å². The van der Waals surface area contributed by atoms with Crippen molar-refractivity contribution < 1.29 is 24.9 Å². The minimum atomic E-state index is -1.62. The summed E-state index contributed by atoms with van der Waals surface area (Å²) < 4.78 is 0. The van der Waals surface area contributed by atoms with Crippen molar-refractivity contribution >= 4 is 12.7 Å². The van der Waals surface area contributed by atoms with E-state index in [9.17, 15) is 14.7 Å². The second-order valence-electron chi connectivity index (χ2n) is 2.67. The first-order valence-electron chi connectivity index (χ1n) is 3.73. The van der Waals surface area contributed by atoms with Crippen molar-refractivity contribution in [1.82, 2.24) is 5.32 Å². The van der Waals surface area contributed by atoms with Crippen LogP contribution in [-0.2, 0) is 9.59 Å². The molecule has 0 aliphatic rings. The quantitative estimate of drug-likeness (QED) is 0.344. The molecule has 0 heterocycles. The second kappa shape index (κ2) is 5.63. The normalized spacial score (nSPS) is 19.7. The molecule has 0 bridgehead atoms. The smallest absolute Gasteiger partial charge is 0.207 e. The van der Waals surface area contributed by atoms with Crippen molar-refractivity contribution in [3.05, 3.63) is 0 Å². The summed E-state index contributed by atoms with van der Waals surface area (Å²) in [7, 11) is 0. The van der Waals surface area contributed by atoms with Gasteiger partial charge in [-0.3, -0.25) is 4.79 Å². The lowest BCUT2D eigenvalue weighted by Gasteiger charge is -2.25. The fourth-order valence-corrected chi connectivity index (χ4v) is 0.895. The van der Waals surface area contributed by atoms with Crippen LogP contribution in [0.2, 0.25) is 0 Å². The largest absolute Gasteiger partial charge is 0.391 e. The molecule has 0 spiro atoms. The molecule has 0 radical (unpaired) electrons. The fourth-order valence-electron chi connectivity index (χ4n) is 0.895. The molecule has 13 heavy (non-hydrogen) atoms. The van der Waals surface area contributed by atoms with Gasteiger partial charge in [-0.05, 0) is 6.92 Å². The van der Waals surface area contributed by atoms with Gasteiger partial charge in [-0.25, -0.2) is 0 Å². The molecule has 0 rings (SSSR count). The van der Waals surface area contributed by atoms with E-state index in [-0.39, 0.29) is 12.7 Å². The number of aliphatic hydroxyl groups excluding tert-OH is 3. The fraction of sp³-hybridized carbons (Fsp3) is 0.714. The Bertz CT molecular complexity index is 172. The van der Waals surface area contributed by atoms with Crippen LogP contribution in [0.1, 0.15) is 6.92 Å². The first-order chi connectivity index (χ1) is 6.04. The number of aliphatic hydroxyl groups is 3.